The fraction of sp³-hybridized carbons (Fsp3) is 0.200. The summed E-state index contributed by atoms with van der Waals surface area (Å²) in [6, 6.07) is 9.67. The average Bonchev–Trinajstić information content (AvgIpc) is 2.92. The number of nitrogens with one attached hydrogen (secondary N) is 1. The summed E-state index contributed by atoms with van der Waals surface area (Å²) in [5.41, 5.74) is 1.03. The van der Waals surface area contributed by atoms with Crippen LogP contribution < -0.4 is 4.72 Å². The zero-order chi connectivity index (χ0) is 16.0. The summed E-state index contributed by atoms with van der Waals surface area (Å²) < 4.78 is 27.2. The number of benzene rings is 1. The van der Waals surface area contributed by atoms with E-state index in [0.29, 0.717) is 6.42 Å². The Labute approximate surface area is 129 Å². The van der Waals surface area contributed by atoms with Gasteiger partial charge in [0.2, 0.25) is 5.91 Å². The number of hydrogen-bond acceptors (Lipinski definition) is 4. The van der Waals surface area contributed by atoms with E-state index in [4.69, 9.17) is 0 Å². The molecule has 7 heteroatoms. The minimum Gasteiger partial charge on any atom is -0.274 e. The summed E-state index contributed by atoms with van der Waals surface area (Å²) in [4.78, 5) is 11.7. The van der Waals surface area contributed by atoms with Crippen molar-refractivity contribution in [3.63, 3.8) is 0 Å². The number of aromatic nitrogens is 2. The molecule has 1 heterocycles. The second-order valence-electron chi connectivity index (χ2n) is 4.73. The number of hydrogen-bond donors (Lipinski definition) is 1. The molecule has 0 bridgehead atoms. The highest BCUT2D eigenvalue weighted by atomic mass is 32.2. The van der Waals surface area contributed by atoms with Crippen LogP contribution in [0.4, 0.5) is 0 Å². The largest absolute Gasteiger partial charge is 0.274 e. The lowest BCUT2D eigenvalue weighted by Crippen LogP contribution is -2.30. The first-order valence-corrected chi connectivity index (χ1v) is 8.21. The van der Waals surface area contributed by atoms with Gasteiger partial charge in [-0.15, -0.1) is 0 Å². The third kappa shape index (κ3) is 4.56. The van der Waals surface area contributed by atoms with E-state index < -0.39 is 15.9 Å². The summed E-state index contributed by atoms with van der Waals surface area (Å²) in [7, 11) is -2.23. The van der Waals surface area contributed by atoms with Crippen molar-refractivity contribution >= 4 is 22.0 Å². The fourth-order valence-corrected chi connectivity index (χ4v) is 2.79. The van der Waals surface area contributed by atoms with Crippen molar-refractivity contribution in [2.24, 2.45) is 7.05 Å². The number of rotatable bonds is 6. The predicted molar refractivity (Wildman–Crippen MR) is 83.2 cm³/mol. The third-order valence-electron chi connectivity index (χ3n) is 2.89. The van der Waals surface area contributed by atoms with Crippen LogP contribution in [0.5, 0.6) is 0 Å². The van der Waals surface area contributed by atoms with Gasteiger partial charge in [-0.05, 0) is 12.0 Å². The van der Waals surface area contributed by atoms with Crippen LogP contribution >= 0.6 is 0 Å². The Morgan fingerprint density at radius 1 is 1.32 bits per heavy atom. The molecule has 0 aliphatic heterocycles. The van der Waals surface area contributed by atoms with E-state index in [1.807, 2.05) is 47.2 Å². The molecule has 0 unspecified atom stereocenters. The molecular formula is C15H17N3O3S. The van der Waals surface area contributed by atoms with Crippen molar-refractivity contribution in [1.82, 2.24) is 14.5 Å². The smallest absolute Gasteiger partial charge is 0.267 e. The Bertz CT molecular complexity index is 764. The Balaban J connectivity index is 1.84. The molecular weight excluding hydrogens is 302 g/mol. The molecule has 0 radical (unpaired) electrons. The van der Waals surface area contributed by atoms with E-state index in [2.05, 4.69) is 5.10 Å². The van der Waals surface area contributed by atoms with Gasteiger partial charge in [-0.2, -0.15) is 5.10 Å². The minimum atomic E-state index is -3.83. The lowest BCUT2D eigenvalue weighted by molar-refractivity contribution is -0.119. The van der Waals surface area contributed by atoms with Gasteiger partial charge in [0.1, 0.15) is 4.90 Å². The van der Waals surface area contributed by atoms with E-state index in [1.165, 1.54) is 17.1 Å². The second kappa shape index (κ2) is 7.04. The van der Waals surface area contributed by atoms with Crippen LogP contribution in [0.3, 0.4) is 0 Å². The predicted octanol–water partition coefficient (Wildman–Crippen LogP) is 1.72. The number of nitrogens with zero attached hydrogens (tertiary/aromatic N) is 2. The average molecular weight is 319 g/mol. The summed E-state index contributed by atoms with van der Waals surface area (Å²) in [5, 5.41) is 3.77. The van der Waals surface area contributed by atoms with Crippen molar-refractivity contribution in [3.8, 4) is 0 Å². The van der Waals surface area contributed by atoms with Gasteiger partial charge in [0.15, 0.2) is 0 Å². The Morgan fingerprint density at radius 3 is 2.68 bits per heavy atom. The van der Waals surface area contributed by atoms with Gasteiger partial charge in [0, 0.05) is 19.7 Å². The lowest BCUT2D eigenvalue weighted by Gasteiger charge is -2.03. The van der Waals surface area contributed by atoms with Crippen LogP contribution in [0.15, 0.2) is 53.7 Å². The number of aryl methyl sites for hydroxylation is 1. The first-order valence-electron chi connectivity index (χ1n) is 6.73. The van der Waals surface area contributed by atoms with Crippen LogP contribution in [0.1, 0.15) is 18.4 Å². The highest BCUT2D eigenvalue weighted by Gasteiger charge is 2.18. The molecule has 2 rings (SSSR count). The molecule has 1 aromatic heterocycles. The van der Waals surface area contributed by atoms with Crippen LogP contribution in [0.2, 0.25) is 0 Å². The van der Waals surface area contributed by atoms with Crippen molar-refractivity contribution in [2.75, 3.05) is 0 Å². The van der Waals surface area contributed by atoms with Crippen molar-refractivity contribution in [1.29, 1.82) is 0 Å². The fourth-order valence-electron chi connectivity index (χ4n) is 1.80. The van der Waals surface area contributed by atoms with Crippen LogP contribution in [0.25, 0.3) is 6.08 Å². The normalized spacial score (nSPS) is 11.7. The van der Waals surface area contributed by atoms with Crippen LogP contribution in [-0.2, 0) is 21.9 Å². The molecule has 6 nitrogen and oxygen atoms in total. The standard InChI is InChI=1S/C15H17N3O3S/c1-18-12-14(11-16-18)22(20,21)17-15(19)10-6-5-9-13-7-3-2-4-8-13/h2-5,7-9,11-12H,6,10H2,1H3,(H,17,19)/b9-5+. The number of allylic oxidation sites excluding steroid dienone is 1. The van der Waals surface area contributed by atoms with Gasteiger partial charge in [0.25, 0.3) is 10.0 Å². The Kier molecular flexibility index (Phi) is 5.11. The van der Waals surface area contributed by atoms with E-state index >= 15 is 0 Å². The quantitative estimate of drug-likeness (QED) is 0.879. The molecule has 116 valence electrons. The van der Waals surface area contributed by atoms with E-state index in [0.717, 1.165) is 5.56 Å². The summed E-state index contributed by atoms with van der Waals surface area (Å²) in [5.74, 6) is -0.540. The van der Waals surface area contributed by atoms with E-state index in [-0.39, 0.29) is 11.3 Å². The third-order valence-corrected chi connectivity index (χ3v) is 4.22. The summed E-state index contributed by atoms with van der Waals surface area (Å²) in [6.07, 6.45) is 6.83. The molecule has 0 aliphatic carbocycles. The van der Waals surface area contributed by atoms with E-state index in [1.54, 1.807) is 7.05 Å². The molecule has 2 aromatic rings. The van der Waals surface area contributed by atoms with Crippen molar-refractivity contribution < 1.29 is 13.2 Å². The van der Waals surface area contributed by atoms with Gasteiger partial charge in [-0.25, -0.2) is 13.1 Å². The maximum atomic E-state index is 11.9. The lowest BCUT2D eigenvalue weighted by atomic mass is 10.2. The zero-order valence-electron chi connectivity index (χ0n) is 12.1. The Morgan fingerprint density at radius 2 is 2.05 bits per heavy atom. The maximum absolute atomic E-state index is 11.9. The van der Waals surface area contributed by atoms with Gasteiger partial charge in [-0.1, -0.05) is 42.5 Å². The second-order valence-corrected chi connectivity index (χ2v) is 6.41. The SMILES string of the molecule is Cn1cc(S(=O)(=O)NC(=O)CC/C=C/c2ccccc2)cn1. The first-order chi connectivity index (χ1) is 10.5. The summed E-state index contributed by atoms with van der Waals surface area (Å²) in [6.45, 7) is 0. The van der Waals surface area contributed by atoms with Crippen LogP contribution in [-0.4, -0.2) is 24.1 Å². The number of carbonyl (C=O) groups is 1. The molecule has 0 saturated heterocycles. The Hall–Kier alpha value is -2.41. The topological polar surface area (TPSA) is 81.1 Å². The number of amides is 1. The van der Waals surface area contributed by atoms with Crippen molar-refractivity contribution in [3.05, 3.63) is 54.4 Å². The molecule has 1 N–H and O–H groups in total. The monoisotopic (exact) mass is 319 g/mol. The van der Waals surface area contributed by atoms with Gasteiger partial charge in [-0.3, -0.25) is 9.48 Å². The van der Waals surface area contributed by atoms with E-state index in [9.17, 15) is 13.2 Å². The molecule has 0 spiro atoms. The molecule has 1 amide bonds. The zero-order valence-corrected chi connectivity index (χ0v) is 13.0. The molecule has 0 atom stereocenters. The highest BCUT2D eigenvalue weighted by molar-refractivity contribution is 7.90. The van der Waals surface area contributed by atoms with Gasteiger partial charge in [0.05, 0.1) is 6.20 Å². The maximum Gasteiger partial charge on any atom is 0.267 e. The molecule has 0 saturated carbocycles. The van der Waals surface area contributed by atoms with Gasteiger partial charge >= 0.3 is 0 Å². The minimum absolute atomic E-state index is 0.0248. The highest BCUT2D eigenvalue weighted by Crippen LogP contribution is 2.07. The number of sulfonamides is 1. The number of carbonyl (C=O) groups excluding carboxylic acids is 1. The van der Waals surface area contributed by atoms with Crippen molar-refractivity contribution in [2.45, 2.75) is 17.7 Å². The first kappa shape index (κ1) is 16.0. The van der Waals surface area contributed by atoms with Crippen LogP contribution in [0, 0.1) is 0 Å². The molecule has 1 aromatic carbocycles. The summed E-state index contributed by atoms with van der Waals surface area (Å²) >= 11 is 0. The molecule has 0 aliphatic rings. The van der Waals surface area contributed by atoms with Gasteiger partial charge < -0.3 is 0 Å². The molecule has 0 fully saturated rings. The molecule has 22 heavy (non-hydrogen) atoms.